The normalized spacial score (nSPS) is 19.6. The highest BCUT2D eigenvalue weighted by Crippen LogP contribution is 2.38. The number of anilines is 1. The van der Waals surface area contributed by atoms with Gasteiger partial charge in [-0.15, -0.1) is 0 Å². The third-order valence-corrected chi connectivity index (χ3v) is 5.73. The number of hydrogen-bond acceptors (Lipinski definition) is 2. The van der Waals surface area contributed by atoms with Gasteiger partial charge in [-0.3, -0.25) is 0 Å². The summed E-state index contributed by atoms with van der Waals surface area (Å²) in [6, 6.07) is 8.41. The molecule has 0 unspecified atom stereocenters. The maximum Gasteiger partial charge on any atom is 0.0314 e. The summed E-state index contributed by atoms with van der Waals surface area (Å²) < 4.78 is 0. The van der Waals surface area contributed by atoms with Crippen LogP contribution in [0.15, 0.2) is 24.3 Å². The molecule has 1 aromatic carbocycles. The Hall–Kier alpha value is -1.02. The Balaban J connectivity index is 1.97. The maximum absolute atomic E-state index is 5.80. The predicted octanol–water partition coefficient (Wildman–Crippen LogP) is 4.45. The predicted molar refractivity (Wildman–Crippen MR) is 92.6 cm³/mol. The second kappa shape index (κ2) is 6.39. The average Bonchev–Trinajstić information content (AvgIpc) is 2.48. The van der Waals surface area contributed by atoms with E-state index in [1.807, 2.05) is 12.1 Å². The number of hydrogen-bond donors (Lipinski definition) is 1. The van der Waals surface area contributed by atoms with Gasteiger partial charge in [-0.2, -0.15) is 0 Å². The Bertz CT molecular complexity index is 433. The van der Waals surface area contributed by atoms with Crippen molar-refractivity contribution in [2.75, 3.05) is 25.4 Å². The molecule has 0 aromatic heterocycles. The molecule has 1 heterocycles. The molecule has 118 valence electrons. The minimum atomic E-state index is 0.187. The highest BCUT2D eigenvalue weighted by atomic mass is 15.1. The number of piperidine rings is 1. The van der Waals surface area contributed by atoms with Crippen LogP contribution in [0.1, 0.15) is 58.9 Å². The number of rotatable bonds is 5. The Morgan fingerprint density at radius 2 is 1.57 bits per heavy atom. The molecule has 1 aliphatic rings. The van der Waals surface area contributed by atoms with Gasteiger partial charge in [0, 0.05) is 17.6 Å². The zero-order valence-corrected chi connectivity index (χ0v) is 14.3. The number of nitrogens with two attached hydrogens (primary N) is 1. The molecule has 0 radical (unpaired) electrons. The smallest absolute Gasteiger partial charge is 0.0314 e. The molecular weight excluding hydrogens is 256 g/mol. The van der Waals surface area contributed by atoms with Gasteiger partial charge in [0.25, 0.3) is 0 Å². The van der Waals surface area contributed by atoms with E-state index in [-0.39, 0.29) is 5.41 Å². The zero-order chi connectivity index (χ0) is 15.5. The summed E-state index contributed by atoms with van der Waals surface area (Å²) in [4.78, 5) is 2.65. The van der Waals surface area contributed by atoms with Crippen LogP contribution in [-0.4, -0.2) is 24.5 Å². The molecule has 2 nitrogen and oxygen atoms in total. The lowest BCUT2D eigenvalue weighted by molar-refractivity contribution is 0.0825. The molecule has 2 N–H and O–H groups in total. The van der Waals surface area contributed by atoms with Crippen LogP contribution in [0.25, 0.3) is 0 Å². The van der Waals surface area contributed by atoms with Crippen LogP contribution in [0.5, 0.6) is 0 Å². The monoisotopic (exact) mass is 288 g/mol. The molecule has 2 heteroatoms. The Morgan fingerprint density at radius 3 is 2.05 bits per heavy atom. The zero-order valence-electron chi connectivity index (χ0n) is 14.3. The molecular formula is C19H32N2. The lowest BCUT2D eigenvalue weighted by atomic mass is 9.73. The molecule has 0 spiro atoms. The molecule has 0 amide bonds. The van der Waals surface area contributed by atoms with E-state index in [0.29, 0.717) is 5.41 Å². The van der Waals surface area contributed by atoms with Crippen LogP contribution in [0, 0.1) is 5.41 Å². The van der Waals surface area contributed by atoms with E-state index in [1.165, 1.54) is 44.3 Å². The summed E-state index contributed by atoms with van der Waals surface area (Å²) in [5, 5.41) is 0. The van der Waals surface area contributed by atoms with E-state index in [0.717, 1.165) is 12.2 Å². The van der Waals surface area contributed by atoms with Crippen LogP contribution in [0.2, 0.25) is 0 Å². The van der Waals surface area contributed by atoms with Gasteiger partial charge in [-0.1, -0.05) is 52.7 Å². The van der Waals surface area contributed by atoms with Crippen molar-refractivity contribution in [2.24, 2.45) is 5.41 Å². The van der Waals surface area contributed by atoms with E-state index in [1.54, 1.807) is 0 Å². The third-order valence-electron chi connectivity index (χ3n) is 5.73. The van der Waals surface area contributed by atoms with E-state index in [9.17, 15) is 0 Å². The number of likely N-dealkylation sites (tertiary alicyclic amines) is 1. The van der Waals surface area contributed by atoms with Gasteiger partial charge < -0.3 is 10.6 Å². The molecule has 0 aliphatic carbocycles. The van der Waals surface area contributed by atoms with Gasteiger partial charge in [-0.05, 0) is 49.0 Å². The van der Waals surface area contributed by atoms with Crippen molar-refractivity contribution < 1.29 is 0 Å². The van der Waals surface area contributed by atoms with Gasteiger partial charge in [0.2, 0.25) is 0 Å². The van der Waals surface area contributed by atoms with E-state index in [4.69, 9.17) is 5.73 Å². The van der Waals surface area contributed by atoms with Crippen molar-refractivity contribution in [1.29, 1.82) is 0 Å². The average molecular weight is 288 g/mol. The van der Waals surface area contributed by atoms with Gasteiger partial charge in [0.05, 0.1) is 0 Å². The van der Waals surface area contributed by atoms with Gasteiger partial charge in [-0.25, -0.2) is 0 Å². The Kier molecular flexibility index (Phi) is 4.98. The topological polar surface area (TPSA) is 29.3 Å². The van der Waals surface area contributed by atoms with Crippen molar-refractivity contribution in [3.8, 4) is 0 Å². The Morgan fingerprint density at radius 1 is 1.05 bits per heavy atom. The first-order chi connectivity index (χ1) is 9.91. The van der Waals surface area contributed by atoms with Gasteiger partial charge in [0.1, 0.15) is 0 Å². The molecule has 0 saturated carbocycles. The minimum absolute atomic E-state index is 0.187. The van der Waals surface area contributed by atoms with Crippen molar-refractivity contribution >= 4 is 5.69 Å². The first-order valence-electron chi connectivity index (χ1n) is 8.49. The van der Waals surface area contributed by atoms with Crippen LogP contribution >= 0.6 is 0 Å². The summed E-state index contributed by atoms with van der Waals surface area (Å²) in [6.07, 6.45) is 5.38. The number of benzene rings is 1. The van der Waals surface area contributed by atoms with Crippen LogP contribution in [0.3, 0.4) is 0 Å². The largest absolute Gasteiger partial charge is 0.399 e. The Labute approximate surface area is 130 Å². The fourth-order valence-corrected chi connectivity index (χ4v) is 3.73. The van der Waals surface area contributed by atoms with E-state index < -0.39 is 0 Å². The standard InChI is InChI=1S/C19H32N2/c1-5-19(6-2)11-13-21(14-12-19)15-18(3,4)16-7-9-17(20)10-8-16/h7-10H,5-6,11-15,20H2,1-4H3. The number of nitrogen functional groups attached to an aromatic ring is 1. The fraction of sp³-hybridized carbons (Fsp3) is 0.684. The quantitative estimate of drug-likeness (QED) is 0.811. The highest BCUT2D eigenvalue weighted by Gasteiger charge is 2.33. The fourth-order valence-electron chi connectivity index (χ4n) is 3.73. The molecule has 1 aliphatic heterocycles. The molecule has 0 atom stereocenters. The highest BCUT2D eigenvalue weighted by molar-refractivity contribution is 5.41. The molecule has 21 heavy (non-hydrogen) atoms. The maximum atomic E-state index is 5.80. The van der Waals surface area contributed by atoms with Crippen LogP contribution in [0.4, 0.5) is 5.69 Å². The first kappa shape index (κ1) is 16.4. The summed E-state index contributed by atoms with van der Waals surface area (Å²) in [5.74, 6) is 0. The van der Waals surface area contributed by atoms with Crippen molar-refractivity contribution in [3.05, 3.63) is 29.8 Å². The first-order valence-corrected chi connectivity index (χ1v) is 8.49. The second-order valence-electron chi connectivity index (χ2n) is 7.49. The summed E-state index contributed by atoms with van der Waals surface area (Å²) in [7, 11) is 0. The van der Waals surface area contributed by atoms with Crippen molar-refractivity contribution in [1.82, 2.24) is 4.90 Å². The summed E-state index contributed by atoms with van der Waals surface area (Å²) >= 11 is 0. The molecule has 1 saturated heterocycles. The summed E-state index contributed by atoms with van der Waals surface area (Å²) in [6.45, 7) is 13.1. The van der Waals surface area contributed by atoms with Gasteiger partial charge >= 0.3 is 0 Å². The van der Waals surface area contributed by atoms with Crippen molar-refractivity contribution in [2.45, 2.75) is 58.8 Å². The van der Waals surface area contributed by atoms with E-state index >= 15 is 0 Å². The molecule has 0 bridgehead atoms. The third kappa shape index (κ3) is 3.79. The van der Waals surface area contributed by atoms with Crippen molar-refractivity contribution in [3.63, 3.8) is 0 Å². The molecule has 1 aromatic rings. The lowest BCUT2D eigenvalue weighted by Crippen LogP contribution is -2.44. The summed E-state index contributed by atoms with van der Waals surface area (Å²) in [5.41, 5.74) is 8.84. The van der Waals surface area contributed by atoms with Crippen LogP contribution < -0.4 is 5.73 Å². The van der Waals surface area contributed by atoms with Crippen LogP contribution in [-0.2, 0) is 5.41 Å². The molecule has 1 fully saturated rings. The lowest BCUT2D eigenvalue weighted by Gasteiger charge is -2.43. The number of nitrogens with zero attached hydrogens (tertiary/aromatic N) is 1. The minimum Gasteiger partial charge on any atom is -0.399 e. The SMILES string of the molecule is CCC1(CC)CCN(CC(C)(C)c2ccc(N)cc2)CC1. The van der Waals surface area contributed by atoms with Gasteiger partial charge in [0.15, 0.2) is 0 Å². The second-order valence-corrected chi connectivity index (χ2v) is 7.49. The van der Waals surface area contributed by atoms with E-state index in [2.05, 4.69) is 44.7 Å². The molecule has 2 rings (SSSR count).